The van der Waals surface area contributed by atoms with E-state index in [-0.39, 0.29) is 0 Å². The second-order valence-corrected chi connectivity index (χ2v) is 11.0. The second kappa shape index (κ2) is 9.06. The van der Waals surface area contributed by atoms with Gasteiger partial charge in [0.15, 0.2) is 8.32 Å². The van der Waals surface area contributed by atoms with E-state index in [1.807, 2.05) is 18.5 Å². The first-order valence-corrected chi connectivity index (χ1v) is 11.8. The molecule has 1 N–H and O–H groups in total. The van der Waals surface area contributed by atoms with Gasteiger partial charge in [-0.05, 0) is 81.3 Å². The van der Waals surface area contributed by atoms with E-state index < -0.39 is 8.32 Å². The highest BCUT2D eigenvalue weighted by Crippen LogP contribution is 2.16. The third-order valence-electron chi connectivity index (χ3n) is 4.00. The van der Waals surface area contributed by atoms with Gasteiger partial charge in [0.2, 0.25) is 0 Å². The molecule has 2 rings (SSSR count). The molecule has 4 nitrogen and oxygen atoms in total. The number of hydrogen-bond donors (Lipinski definition) is 1. The maximum Gasteiger partial charge on any atom is 0.186 e. The largest absolute Gasteiger partial charge is 0.418 e. The molecular weight excluding hydrogens is 314 g/mol. The van der Waals surface area contributed by atoms with Crippen LogP contribution in [0.25, 0.3) is 11.4 Å². The first kappa shape index (κ1) is 18.8. The Labute approximate surface area is 146 Å². The zero-order valence-corrected chi connectivity index (χ0v) is 16.3. The zero-order valence-electron chi connectivity index (χ0n) is 15.3. The lowest BCUT2D eigenvalue weighted by molar-refractivity contribution is 0.328. The molecule has 0 saturated carbocycles. The van der Waals surface area contributed by atoms with E-state index in [9.17, 15) is 0 Å². The Bertz CT molecular complexity index is 646. The van der Waals surface area contributed by atoms with Gasteiger partial charge in [0, 0.05) is 25.5 Å². The SMILES string of the molecule is CCO[Si](C)(C)CCCNCc1ccnc(-c2cc(C)ccn2)c1. The van der Waals surface area contributed by atoms with E-state index in [1.165, 1.54) is 17.2 Å². The van der Waals surface area contributed by atoms with Gasteiger partial charge >= 0.3 is 0 Å². The first-order valence-electron chi connectivity index (χ1n) is 8.73. The predicted molar refractivity (Wildman–Crippen MR) is 102 cm³/mol. The quantitative estimate of drug-likeness (QED) is 0.548. The molecule has 0 aliphatic rings. The maximum absolute atomic E-state index is 5.86. The smallest absolute Gasteiger partial charge is 0.186 e. The van der Waals surface area contributed by atoms with Gasteiger partial charge in [-0.1, -0.05) is 0 Å². The van der Waals surface area contributed by atoms with Gasteiger partial charge in [-0.25, -0.2) is 0 Å². The molecule has 130 valence electrons. The van der Waals surface area contributed by atoms with Crippen molar-refractivity contribution in [3.63, 3.8) is 0 Å². The van der Waals surface area contributed by atoms with Crippen LogP contribution in [0, 0.1) is 6.92 Å². The molecule has 0 fully saturated rings. The summed E-state index contributed by atoms with van der Waals surface area (Å²) in [5.41, 5.74) is 4.31. The van der Waals surface area contributed by atoms with Crippen LogP contribution in [0.1, 0.15) is 24.5 Å². The van der Waals surface area contributed by atoms with E-state index in [0.29, 0.717) is 0 Å². The molecule has 0 aliphatic heterocycles. The number of pyridine rings is 2. The molecule has 2 aromatic heterocycles. The van der Waals surface area contributed by atoms with Crippen molar-refractivity contribution >= 4 is 8.32 Å². The van der Waals surface area contributed by atoms with Crippen LogP contribution in [0.4, 0.5) is 0 Å². The van der Waals surface area contributed by atoms with E-state index in [2.05, 4.69) is 60.4 Å². The lowest BCUT2D eigenvalue weighted by atomic mass is 10.1. The first-order chi connectivity index (χ1) is 11.5. The minimum atomic E-state index is -1.45. The predicted octanol–water partition coefficient (Wildman–Crippen LogP) is 4.17. The van der Waals surface area contributed by atoms with Crippen LogP contribution in [-0.4, -0.2) is 31.4 Å². The molecular formula is C19H29N3OSi. The fraction of sp³-hybridized carbons (Fsp3) is 0.474. The maximum atomic E-state index is 5.86. The third-order valence-corrected chi connectivity index (χ3v) is 6.63. The Balaban J connectivity index is 1.83. The Morgan fingerprint density at radius 3 is 2.50 bits per heavy atom. The van der Waals surface area contributed by atoms with Crippen LogP contribution in [0.15, 0.2) is 36.7 Å². The van der Waals surface area contributed by atoms with Crippen LogP contribution in [-0.2, 0) is 11.0 Å². The summed E-state index contributed by atoms with van der Waals surface area (Å²) in [6.07, 6.45) is 4.86. The second-order valence-electron chi connectivity index (χ2n) is 6.74. The van der Waals surface area contributed by atoms with Gasteiger partial charge in [-0.15, -0.1) is 0 Å². The van der Waals surface area contributed by atoms with Gasteiger partial charge in [-0.2, -0.15) is 0 Å². The van der Waals surface area contributed by atoms with Crippen molar-refractivity contribution in [3.05, 3.63) is 47.8 Å². The van der Waals surface area contributed by atoms with Crippen molar-refractivity contribution in [2.24, 2.45) is 0 Å². The minimum absolute atomic E-state index is 0.833. The molecule has 0 radical (unpaired) electrons. The van der Waals surface area contributed by atoms with Gasteiger partial charge in [0.05, 0.1) is 11.4 Å². The van der Waals surface area contributed by atoms with Crippen molar-refractivity contribution in [3.8, 4) is 11.4 Å². The van der Waals surface area contributed by atoms with Crippen molar-refractivity contribution in [2.45, 2.75) is 46.0 Å². The zero-order chi connectivity index (χ0) is 17.4. The van der Waals surface area contributed by atoms with Crippen LogP contribution < -0.4 is 5.32 Å². The normalized spacial score (nSPS) is 11.7. The standard InChI is InChI=1S/C19H29N3OSi/c1-5-23-24(3,4)12-6-9-20-15-17-8-11-22-19(14-17)18-13-16(2)7-10-21-18/h7-8,10-11,13-14,20H,5-6,9,12,15H2,1-4H3. The number of nitrogens with one attached hydrogen (secondary N) is 1. The molecule has 5 heteroatoms. The van der Waals surface area contributed by atoms with Crippen molar-refractivity contribution in [2.75, 3.05) is 13.2 Å². The monoisotopic (exact) mass is 343 g/mol. The molecule has 2 heterocycles. The average Bonchev–Trinajstić information content (AvgIpc) is 2.55. The lowest BCUT2D eigenvalue weighted by Gasteiger charge is -2.21. The molecule has 0 aromatic carbocycles. The number of aromatic nitrogens is 2. The van der Waals surface area contributed by atoms with Gasteiger partial charge < -0.3 is 9.74 Å². The fourth-order valence-corrected chi connectivity index (χ4v) is 4.69. The lowest BCUT2D eigenvalue weighted by Crippen LogP contribution is -2.31. The van der Waals surface area contributed by atoms with E-state index >= 15 is 0 Å². The molecule has 24 heavy (non-hydrogen) atoms. The number of nitrogens with zero attached hydrogens (tertiary/aromatic N) is 2. The summed E-state index contributed by atoms with van der Waals surface area (Å²) >= 11 is 0. The van der Waals surface area contributed by atoms with Gasteiger partial charge in [0.1, 0.15) is 0 Å². The van der Waals surface area contributed by atoms with Crippen LogP contribution in [0.5, 0.6) is 0 Å². The van der Waals surface area contributed by atoms with Gasteiger partial charge in [-0.3, -0.25) is 9.97 Å². The minimum Gasteiger partial charge on any atom is -0.418 e. The molecule has 0 bridgehead atoms. The molecule has 0 saturated heterocycles. The molecule has 0 amide bonds. The summed E-state index contributed by atoms with van der Waals surface area (Å²) in [5, 5.41) is 3.52. The summed E-state index contributed by atoms with van der Waals surface area (Å²) in [7, 11) is -1.45. The van der Waals surface area contributed by atoms with Crippen LogP contribution >= 0.6 is 0 Å². The number of aryl methyl sites for hydroxylation is 1. The fourth-order valence-electron chi connectivity index (χ4n) is 2.74. The summed E-state index contributed by atoms with van der Waals surface area (Å²) in [5.74, 6) is 0. The summed E-state index contributed by atoms with van der Waals surface area (Å²) in [6, 6.07) is 9.45. The topological polar surface area (TPSA) is 47.0 Å². The van der Waals surface area contributed by atoms with Crippen molar-refractivity contribution < 1.29 is 4.43 Å². The molecule has 0 aliphatic carbocycles. The Morgan fingerprint density at radius 1 is 1.08 bits per heavy atom. The number of hydrogen-bond acceptors (Lipinski definition) is 4. The van der Waals surface area contributed by atoms with Crippen LogP contribution in [0.2, 0.25) is 19.1 Å². The summed E-state index contributed by atoms with van der Waals surface area (Å²) in [4.78, 5) is 8.86. The molecule has 0 atom stereocenters. The summed E-state index contributed by atoms with van der Waals surface area (Å²) < 4.78 is 5.86. The van der Waals surface area contributed by atoms with Crippen molar-refractivity contribution in [1.29, 1.82) is 0 Å². The third kappa shape index (κ3) is 6.15. The highest BCUT2D eigenvalue weighted by Gasteiger charge is 2.20. The molecule has 0 unspecified atom stereocenters. The summed E-state index contributed by atoms with van der Waals surface area (Å²) in [6.45, 7) is 11.4. The van der Waals surface area contributed by atoms with E-state index in [4.69, 9.17) is 4.43 Å². The average molecular weight is 344 g/mol. The van der Waals surface area contributed by atoms with Crippen LogP contribution in [0.3, 0.4) is 0 Å². The van der Waals surface area contributed by atoms with Crippen molar-refractivity contribution in [1.82, 2.24) is 15.3 Å². The van der Waals surface area contributed by atoms with Gasteiger partial charge in [0.25, 0.3) is 0 Å². The Kier molecular flexibility index (Phi) is 7.09. The number of rotatable bonds is 9. The Morgan fingerprint density at radius 2 is 1.79 bits per heavy atom. The highest BCUT2D eigenvalue weighted by molar-refractivity contribution is 6.71. The van der Waals surface area contributed by atoms with E-state index in [1.54, 1.807) is 0 Å². The Hall–Kier alpha value is -1.56. The highest BCUT2D eigenvalue weighted by atomic mass is 28.4. The van der Waals surface area contributed by atoms with E-state index in [0.717, 1.165) is 37.5 Å². The molecule has 0 spiro atoms. The molecule has 2 aromatic rings.